The molecule has 0 radical (unpaired) electrons. The zero-order chi connectivity index (χ0) is 15.5. The van der Waals surface area contributed by atoms with Crippen molar-refractivity contribution in [3.63, 3.8) is 0 Å². The molecule has 1 aliphatic heterocycles. The molecule has 1 atom stereocenters. The Bertz CT molecular complexity index is 747. The van der Waals surface area contributed by atoms with Gasteiger partial charge in [-0.1, -0.05) is 0 Å². The Labute approximate surface area is 128 Å². The Morgan fingerprint density at radius 2 is 2.41 bits per heavy atom. The number of hydrogen-bond acceptors (Lipinski definition) is 4. The first-order chi connectivity index (χ1) is 10.6. The lowest BCUT2D eigenvalue weighted by molar-refractivity contribution is 0.0949. The molecule has 0 aromatic carbocycles. The van der Waals surface area contributed by atoms with Crippen molar-refractivity contribution in [1.82, 2.24) is 20.0 Å². The summed E-state index contributed by atoms with van der Waals surface area (Å²) >= 11 is 0. The second-order valence-corrected chi connectivity index (χ2v) is 5.81. The van der Waals surface area contributed by atoms with E-state index in [0.717, 1.165) is 31.5 Å². The summed E-state index contributed by atoms with van der Waals surface area (Å²) in [5, 5.41) is 6.12. The Kier molecular flexibility index (Phi) is 4.20. The average molecular weight is 300 g/mol. The Morgan fingerprint density at radius 3 is 3.18 bits per heavy atom. The Hall–Kier alpha value is -2.21. The van der Waals surface area contributed by atoms with E-state index in [9.17, 15) is 9.59 Å². The minimum absolute atomic E-state index is 0.0888. The predicted molar refractivity (Wildman–Crippen MR) is 84.1 cm³/mol. The van der Waals surface area contributed by atoms with Crippen LogP contribution < -0.4 is 16.2 Å². The topological polar surface area (TPSA) is 75.5 Å². The van der Waals surface area contributed by atoms with Crippen LogP contribution in [0.5, 0.6) is 0 Å². The number of carbonyl (C=O) groups excluding carboxylic acids is 1. The van der Waals surface area contributed by atoms with Crippen LogP contribution in [0.1, 0.15) is 28.8 Å². The van der Waals surface area contributed by atoms with E-state index in [0.29, 0.717) is 18.1 Å². The van der Waals surface area contributed by atoms with E-state index in [1.807, 2.05) is 19.1 Å². The molecule has 6 heteroatoms. The molecule has 6 nitrogen and oxygen atoms in total. The van der Waals surface area contributed by atoms with Gasteiger partial charge >= 0.3 is 0 Å². The number of aromatic nitrogens is 2. The standard InChI is InChI=1S/C16H20N4O2/c1-11-4-7-20-14(8-11)19-10-13(16(20)22)15(21)18-6-3-12-2-5-17-9-12/h4,7-8,10,12,17H,2-3,5-6,9H2,1H3,(H,18,21). The van der Waals surface area contributed by atoms with Crippen molar-refractivity contribution >= 4 is 11.6 Å². The van der Waals surface area contributed by atoms with Crippen molar-refractivity contribution in [3.8, 4) is 0 Å². The number of fused-ring (bicyclic) bond motifs is 1. The highest BCUT2D eigenvalue weighted by Crippen LogP contribution is 2.10. The summed E-state index contributed by atoms with van der Waals surface area (Å²) in [6.07, 6.45) is 5.10. The van der Waals surface area contributed by atoms with Crippen molar-refractivity contribution in [3.05, 3.63) is 46.0 Å². The summed E-state index contributed by atoms with van der Waals surface area (Å²) < 4.78 is 1.41. The molecule has 1 aliphatic rings. The van der Waals surface area contributed by atoms with Gasteiger partial charge in [-0.25, -0.2) is 4.98 Å². The van der Waals surface area contributed by atoms with Crippen LogP contribution in [0.3, 0.4) is 0 Å². The quantitative estimate of drug-likeness (QED) is 0.873. The van der Waals surface area contributed by atoms with Gasteiger partial charge < -0.3 is 10.6 Å². The molecule has 1 fully saturated rings. The number of pyridine rings is 1. The van der Waals surface area contributed by atoms with Crippen molar-refractivity contribution in [2.24, 2.45) is 5.92 Å². The lowest BCUT2D eigenvalue weighted by atomic mass is 10.1. The molecule has 116 valence electrons. The van der Waals surface area contributed by atoms with Crippen LogP contribution in [0.15, 0.2) is 29.3 Å². The smallest absolute Gasteiger partial charge is 0.270 e. The molecule has 0 spiro atoms. The summed E-state index contributed by atoms with van der Waals surface area (Å²) in [5.41, 5.74) is 1.34. The molecule has 1 unspecified atom stereocenters. The Morgan fingerprint density at radius 1 is 1.55 bits per heavy atom. The average Bonchev–Trinajstić information content (AvgIpc) is 3.00. The largest absolute Gasteiger partial charge is 0.352 e. The van der Waals surface area contributed by atoms with E-state index in [2.05, 4.69) is 15.6 Å². The summed E-state index contributed by atoms with van der Waals surface area (Å²) in [7, 11) is 0. The van der Waals surface area contributed by atoms with Gasteiger partial charge in [0.2, 0.25) is 0 Å². The maximum atomic E-state index is 12.4. The minimum atomic E-state index is -0.349. The molecular weight excluding hydrogens is 280 g/mol. The summed E-state index contributed by atoms with van der Waals surface area (Å²) in [5.74, 6) is 0.262. The fourth-order valence-corrected chi connectivity index (χ4v) is 2.78. The van der Waals surface area contributed by atoms with Gasteiger partial charge in [0, 0.05) is 18.9 Å². The molecule has 3 heterocycles. The first-order valence-corrected chi connectivity index (χ1v) is 7.62. The first kappa shape index (κ1) is 14.7. The molecule has 2 aromatic heterocycles. The normalized spacial score (nSPS) is 17.8. The third kappa shape index (κ3) is 3.01. The maximum Gasteiger partial charge on any atom is 0.270 e. The van der Waals surface area contributed by atoms with Gasteiger partial charge in [0.1, 0.15) is 11.2 Å². The number of rotatable bonds is 4. The van der Waals surface area contributed by atoms with Crippen LogP contribution in [0.2, 0.25) is 0 Å². The number of aryl methyl sites for hydroxylation is 1. The number of amides is 1. The number of nitrogens with one attached hydrogen (secondary N) is 2. The predicted octanol–water partition coefficient (Wildman–Crippen LogP) is 0.732. The zero-order valence-corrected chi connectivity index (χ0v) is 12.6. The van der Waals surface area contributed by atoms with Gasteiger partial charge in [-0.2, -0.15) is 0 Å². The zero-order valence-electron chi connectivity index (χ0n) is 12.6. The van der Waals surface area contributed by atoms with E-state index >= 15 is 0 Å². The number of nitrogens with zero attached hydrogens (tertiary/aromatic N) is 2. The van der Waals surface area contributed by atoms with Crippen molar-refractivity contribution < 1.29 is 4.79 Å². The highest BCUT2D eigenvalue weighted by molar-refractivity contribution is 5.93. The van der Waals surface area contributed by atoms with Crippen molar-refractivity contribution in [2.45, 2.75) is 19.8 Å². The van der Waals surface area contributed by atoms with Gasteiger partial charge in [-0.05, 0) is 56.5 Å². The monoisotopic (exact) mass is 300 g/mol. The van der Waals surface area contributed by atoms with E-state index in [1.54, 1.807) is 6.20 Å². The maximum absolute atomic E-state index is 12.4. The van der Waals surface area contributed by atoms with Crippen molar-refractivity contribution in [1.29, 1.82) is 0 Å². The van der Waals surface area contributed by atoms with Crippen LogP contribution in [0.4, 0.5) is 0 Å². The van der Waals surface area contributed by atoms with Crippen LogP contribution in [0.25, 0.3) is 5.65 Å². The number of hydrogen-bond donors (Lipinski definition) is 2. The van der Waals surface area contributed by atoms with Gasteiger partial charge in [0.15, 0.2) is 0 Å². The van der Waals surface area contributed by atoms with Crippen LogP contribution in [-0.2, 0) is 0 Å². The lowest BCUT2D eigenvalue weighted by Crippen LogP contribution is -2.32. The highest BCUT2D eigenvalue weighted by Gasteiger charge is 2.16. The fraction of sp³-hybridized carbons (Fsp3) is 0.438. The SMILES string of the molecule is Cc1ccn2c(=O)c(C(=O)NCCC3CCNC3)cnc2c1. The van der Waals surface area contributed by atoms with Crippen LogP contribution in [0, 0.1) is 12.8 Å². The first-order valence-electron chi connectivity index (χ1n) is 7.62. The fourth-order valence-electron chi connectivity index (χ4n) is 2.78. The minimum Gasteiger partial charge on any atom is -0.352 e. The summed E-state index contributed by atoms with van der Waals surface area (Å²) in [4.78, 5) is 28.7. The molecule has 1 saturated heterocycles. The molecule has 0 saturated carbocycles. The second kappa shape index (κ2) is 6.27. The van der Waals surface area contributed by atoms with E-state index in [1.165, 1.54) is 10.6 Å². The molecule has 0 aliphatic carbocycles. The lowest BCUT2D eigenvalue weighted by Gasteiger charge is -2.09. The van der Waals surface area contributed by atoms with Gasteiger partial charge in [-0.3, -0.25) is 14.0 Å². The molecule has 2 N–H and O–H groups in total. The second-order valence-electron chi connectivity index (χ2n) is 5.81. The molecule has 0 bridgehead atoms. The molecule has 1 amide bonds. The third-order valence-corrected chi connectivity index (χ3v) is 4.11. The van der Waals surface area contributed by atoms with E-state index in [-0.39, 0.29) is 17.0 Å². The van der Waals surface area contributed by atoms with E-state index in [4.69, 9.17) is 0 Å². The van der Waals surface area contributed by atoms with E-state index < -0.39 is 0 Å². The molecule has 2 aromatic rings. The Balaban J connectivity index is 1.72. The third-order valence-electron chi connectivity index (χ3n) is 4.11. The van der Waals surface area contributed by atoms with Crippen LogP contribution in [-0.4, -0.2) is 34.9 Å². The van der Waals surface area contributed by atoms with Crippen LogP contribution >= 0.6 is 0 Å². The van der Waals surface area contributed by atoms with Gasteiger partial charge in [0.05, 0.1) is 0 Å². The molecule has 3 rings (SSSR count). The summed E-state index contributed by atoms with van der Waals surface area (Å²) in [6.45, 7) is 4.58. The molecule has 22 heavy (non-hydrogen) atoms. The van der Waals surface area contributed by atoms with Gasteiger partial charge in [0.25, 0.3) is 11.5 Å². The van der Waals surface area contributed by atoms with Crippen molar-refractivity contribution in [2.75, 3.05) is 19.6 Å². The molecular formula is C16H20N4O2. The van der Waals surface area contributed by atoms with Gasteiger partial charge in [-0.15, -0.1) is 0 Å². The highest BCUT2D eigenvalue weighted by atomic mass is 16.2. The number of carbonyl (C=O) groups is 1. The summed E-state index contributed by atoms with van der Waals surface area (Å²) in [6, 6.07) is 3.64.